The van der Waals surface area contributed by atoms with Crippen LogP contribution < -0.4 is 11.1 Å². The van der Waals surface area contributed by atoms with Crippen LogP contribution in [0.5, 0.6) is 0 Å². The molecule has 19 heavy (non-hydrogen) atoms. The SMILES string of the molecule is N/C(CC(NC1CCSCC1)c1ccccc1)=N/O. The lowest BCUT2D eigenvalue weighted by Gasteiger charge is -2.28. The molecule has 0 amide bonds. The molecule has 1 aromatic rings. The third kappa shape index (κ3) is 4.44. The number of nitrogens with one attached hydrogen (secondary N) is 1. The average Bonchev–Trinajstić information content (AvgIpc) is 2.48. The van der Waals surface area contributed by atoms with E-state index < -0.39 is 0 Å². The maximum atomic E-state index is 8.77. The lowest BCUT2D eigenvalue weighted by atomic mass is 10.0. The Morgan fingerprint density at radius 1 is 1.37 bits per heavy atom. The normalized spacial score (nSPS) is 19.3. The second-order valence-corrected chi connectivity index (χ2v) is 6.04. The first-order valence-electron chi connectivity index (χ1n) is 6.64. The van der Waals surface area contributed by atoms with Crippen molar-refractivity contribution in [1.82, 2.24) is 5.32 Å². The predicted molar refractivity (Wildman–Crippen MR) is 80.7 cm³/mol. The van der Waals surface area contributed by atoms with Crippen molar-refractivity contribution in [3.8, 4) is 0 Å². The number of thioether (sulfide) groups is 1. The molecule has 1 saturated heterocycles. The highest BCUT2D eigenvalue weighted by atomic mass is 32.2. The van der Waals surface area contributed by atoms with Gasteiger partial charge < -0.3 is 16.3 Å². The van der Waals surface area contributed by atoms with E-state index >= 15 is 0 Å². The van der Waals surface area contributed by atoms with Crippen molar-refractivity contribution in [2.75, 3.05) is 11.5 Å². The van der Waals surface area contributed by atoms with E-state index in [9.17, 15) is 0 Å². The van der Waals surface area contributed by atoms with Gasteiger partial charge in [-0.1, -0.05) is 35.5 Å². The fourth-order valence-corrected chi connectivity index (χ4v) is 3.46. The minimum atomic E-state index is 0.116. The van der Waals surface area contributed by atoms with Gasteiger partial charge in [0.2, 0.25) is 0 Å². The Labute approximate surface area is 118 Å². The van der Waals surface area contributed by atoms with E-state index in [1.54, 1.807) is 0 Å². The molecule has 1 aliphatic rings. The molecule has 2 rings (SSSR count). The van der Waals surface area contributed by atoms with Crippen LogP contribution in [0.1, 0.15) is 30.9 Å². The van der Waals surface area contributed by atoms with Crippen LogP contribution in [-0.4, -0.2) is 28.6 Å². The number of rotatable bonds is 5. The summed E-state index contributed by atoms with van der Waals surface area (Å²) < 4.78 is 0. The van der Waals surface area contributed by atoms with Crippen LogP contribution >= 0.6 is 11.8 Å². The van der Waals surface area contributed by atoms with Crippen molar-refractivity contribution in [3.63, 3.8) is 0 Å². The van der Waals surface area contributed by atoms with E-state index in [4.69, 9.17) is 10.9 Å². The maximum Gasteiger partial charge on any atom is 0.141 e. The summed E-state index contributed by atoms with van der Waals surface area (Å²) in [4.78, 5) is 0. The second-order valence-electron chi connectivity index (χ2n) is 4.81. The first-order valence-corrected chi connectivity index (χ1v) is 7.80. The van der Waals surface area contributed by atoms with Gasteiger partial charge in [0.05, 0.1) is 0 Å². The number of benzene rings is 1. The molecular weight excluding hydrogens is 258 g/mol. The van der Waals surface area contributed by atoms with Crippen LogP contribution in [0.2, 0.25) is 0 Å². The Hall–Kier alpha value is -1.20. The minimum absolute atomic E-state index is 0.116. The highest BCUT2D eigenvalue weighted by molar-refractivity contribution is 7.99. The Balaban J connectivity index is 2.05. The molecule has 0 radical (unpaired) electrons. The van der Waals surface area contributed by atoms with Crippen LogP contribution in [0.4, 0.5) is 0 Å². The topological polar surface area (TPSA) is 70.6 Å². The zero-order valence-electron chi connectivity index (χ0n) is 11.0. The summed E-state index contributed by atoms with van der Waals surface area (Å²) in [5.41, 5.74) is 6.86. The molecular formula is C14H21N3OS. The largest absolute Gasteiger partial charge is 0.409 e. The minimum Gasteiger partial charge on any atom is -0.409 e. The Morgan fingerprint density at radius 3 is 2.68 bits per heavy atom. The molecule has 1 aromatic carbocycles. The third-order valence-corrected chi connectivity index (χ3v) is 4.45. The lowest BCUT2D eigenvalue weighted by molar-refractivity contribution is 0.314. The molecule has 0 saturated carbocycles. The molecule has 1 atom stereocenters. The van der Waals surface area contributed by atoms with Crippen LogP contribution in [0, 0.1) is 0 Å². The molecule has 1 aliphatic heterocycles. The van der Waals surface area contributed by atoms with Gasteiger partial charge in [0.25, 0.3) is 0 Å². The van der Waals surface area contributed by atoms with Crippen LogP contribution in [0.15, 0.2) is 35.5 Å². The van der Waals surface area contributed by atoms with Crippen LogP contribution in [0.3, 0.4) is 0 Å². The summed E-state index contributed by atoms with van der Waals surface area (Å²) in [7, 11) is 0. The molecule has 0 spiro atoms. The predicted octanol–water partition coefficient (Wildman–Crippen LogP) is 2.35. The smallest absolute Gasteiger partial charge is 0.141 e. The van der Waals surface area contributed by atoms with Crippen molar-refractivity contribution in [2.24, 2.45) is 10.9 Å². The van der Waals surface area contributed by atoms with Gasteiger partial charge >= 0.3 is 0 Å². The summed E-state index contributed by atoms with van der Waals surface area (Å²) in [5, 5.41) is 15.5. The first-order chi connectivity index (χ1) is 9.29. The molecule has 5 heteroatoms. The third-order valence-electron chi connectivity index (χ3n) is 3.40. The molecule has 0 aromatic heterocycles. The van der Waals surface area contributed by atoms with Gasteiger partial charge in [-0.3, -0.25) is 0 Å². The Bertz CT molecular complexity index is 404. The first kappa shape index (κ1) is 14.2. The molecule has 1 heterocycles. The van der Waals surface area contributed by atoms with Crippen molar-refractivity contribution in [3.05, 3.63) is 35.9 Å². The standard InChI is InChI=1S/C14H21N3OS/c15-14(17-18)10-13(11-4-2-1-3-5-11)16-12-6-8-19-9-7-12/h1-5,12-13,16,18H,6-10H2,(H2,15,17). The highest BCUT2D eigenvalue weighted by Crippen LogP contribution is 2.23. The van der Waals surface area contributed by atoms with Crippen molar-refractivity contribution < 1.29 is 5.21 Å². The molecule has 1 fully saturated rings. The zero-order valence-corrected chi connectivity index (χ0v) is 11.8. The van der Waals surface area contributed by atoms with Gasteiger partial charge in [0, 0.05) is 18.5 Å². The monoisotopic (exact) mass is 279 g/mol. The number of nitrogens with two attached hydrogens (primary N) is 1. The van der Waals surface area contributed by atoms with Gasteiger partial charge in [-0.05, 0) is 29.9 Å². The molecule has 4 nitrogen and oxygen atoms in total. The summed E-state index contributed by atoms with van der Waals surface area (Å²) >= 11 is 2.01. The fraction of sp³-hybridized carbons (Fsp3) is 0.500. The van der Waals surface area contributed by atoms with Crippen LogP contribution in [-0.2, 0) is 0 Å². The second kappa shape index (κ2) is 7.40. The summed E-state index contributed by atoms with van der Waals surface area (Å²) in [6.45, 7) is 0. The zero-order chi connectivity index (χ0) is 13.5. The van der Waals surface area contributed by atoms with Gasteiger partial charge in [-0.25, -0.2) is 0 Å². The summed E-state index contributed by atoms with van der Waals surface area (Å²) in [6, 6.07) is 10.9. The van der Waals surface area contributed by atoms with E-state index in [0.717, 1.165) is 0 Å². The van der Waals surface area contributed by atoms with Gasteiger partial charge in [0.15, 0.2) is 0 Å². The maximum absolute atomic E-state index is 8.77. The number of hydrogen-bond donors (Lipinski definition) is 3. The number of hydrogen-bond acceptors (Lipinski definition) is 4. The number of nitrogens with zero attached hydrogens (tertiary/aromatic N) is 1. The average molecular weight is 279 g/mol. The quantitative estimate of drug-likeness (QED) is 0.335. The molecule has 4 N–H and O–H groups in total. The van der Waals surface area contributed by atoms with E-state index in [1.807, 2.05) is 30.0 Å². The van der Waals surface area contributed by atoms with Crippen molar-refractivity contribution >= 4 is 17.6 Å². The van der Waals surface area contributed by atoms with Crippen molar-refractivity contribution in [1.29, 1.82) is 0 Å². The number of oxime groups is 1. The molecule has 1 unspecified atom stereocenters. The molecule has 104 valence electrons. The lowest BCUT2D eigenvalue weighted by Crippen LogP contribution is -2.37. The molecule has 0 aliphatic carbocycles. The summed E-state index contributed by atoms with van der Waals surface area (Å²) in [6.07, 6.45) is 2.90. The van der Waals surface area contributed by atoms with E-state index in [1.165, 1.54) is 29.9 Å². The van der Waals surface area contributed by atoms with E-state index in [2.05, 4.69) is 22.6 Å². The highest BCUT2D eigenvalue weighted by Gasteiger charge is 2.20. The van der Waals surface area contributed by atoms with Crippen LogP contribution in [0.25, 0.3) is 0 Å². The fourth-order valence-electron chi connectivity index (χ4n) is 2.36. The number of amidine groups is 1. The molecule has 0 bridgehead atoms. The Morgan fingerprint density at radius 2 is 2.05 bits per heavy atom. The van der Waals surface area contributed by atoms with E-state index in [0.29, 0.717) is 12.5 Å². The Kier molecular flexibility index (Phi) is 5.54. The summed E-state index contributed by atoms with van der Waals surface area (Å²) in [5.74, 6) is 2.69. The van der Waals surface area contributed by atoms with Gasteiger partial charge in [0.1, 0.15) is 5.84 Å². The van der Waals surface area contributed by atoms with Gasteiger partial charge in [-0.2, -0.15) is 11.8 Å². The van der Waals surface area contributed by atoms with E-state index in [-0.39, 0.29) is 11.9 Å². The van der Waals surface area contributed by atoms with Crippen molar-refractivity contribution in [2.45, 2.75) is 31.3 Å². The van der Waals surface area contributed by atoms with Gasteiger partial charge in [-0.15, -0.1) is 0 Å².